The molecule has 1 aliphatic rings. The van der Waals surface area contributed by atoms with Gasteiger partial charge in [-0.25, -0.2) is 0 Å². The van der Waals surface area contributed by atoms with E-state index in [1.165, 1.54) is 11.1 Å². The predicted molar refractivity (Wildman–Crippen MR) is 161 cm³/mol. The number of rotatable bonds is 8. The zero-order valence-electron chi connectivity index (χ0n) is 24.1. The molecular formula is C32H50N4O. The first-order chi connectivity index (χ1) is 17.9. The number of H-pyrrole nitrogens is 1. The Morgan fingerprint density at radius 3 is 2.03 bits per heavy atom. The quantitative estimate of drug-likeness (QED) is 0.396. The lowest BCUT2D eigenvalue weighted by atomic mass is 10.0. The Hall–Kier alpha value is -2.47. The van der Waals surface area contributed by atoms with Gasteiger partial charge in [0.2, 0.25) is 0 Å². The van der Waals surface area contributed by atoms with Gasteiger partial charge in [0.25, 0.3) is 0 Å². The van der Waals surface area contributed by atoms with Crippen molar-refractivity contribution in [3.8, 4) is 11.1 Å². The summed E-state index contributed by atoms with van der Waals surface area (Å²) in [5, 5.41) is 0.761. The summed E-state index contributed by atoms with van der Waals surface area (Å²) < 4.78 is 0. The SMILES string of the molecule is CC.CC(C)C.CCc1ccc(-c2c[nH]c3cc(CCCN4CCN(CCN)CC4)ccc3c2=O)cc1. The Morgan fingerprint density at radius 2 is 1.46 bits per heavy atom. The number of hydrogen-bond donors (Lipinski definition) is 2. The van der Waals surface area contributed by atoms with Crippen molar-refractivity contribution in [3.63, 3.8) is 0 Å². The highest BCUT2D eigenvalue weighted by Gasteiger charge is 2.15. The number of aromatic nitrogens is 1. The first-order valence-corrected chi connectivity index (χ1v) is 14.3. The number of fused-ring (bicyclic) bond motifs is 1. The normalized spacial score (nSPS) is 14.2. The Labute approximate surface area is 225 Å². The molecule has 0 aliphatic carbocycles. The minimum absolute atomic E-state index is 0.0971. The Morgan fingerprint density at radius 1 is 0.892 bits per heavy atom. The fraction of sp³-hybridized carbons (Fsp3) is 0.531. The number of piperazine rings is 1. The molecule has 3 N–H and O–H groups in total. The van der Waals surface area contributed by atoms with E-state index in [-0.39, 0.29) is 5.43 Å². The van der Waals surface area contributed by atoms with Crippen molar-refractivity contribution in [2.45, 2.75) is 60.8 Å². The summed E-state index contributed by atoms with van der Waals surface area (Å²) in [5.74, 6) is 0.833. The van der Waals surface area contributed by atoms with Crippen LogP contribution in [0.2, 0.25) is 0 Å². The first kappa shape index (κ1) is 30.8. The summed E-state index contributed by atoms with van der Waals surface area (Å²) in [6.45, 7) is 20.0. The summed E-state index contributed by atoms with van der Waals surface area (Å²) in [6, 6.07) is 14.5. The second-order valence-corrected chi connectivity index (χ2v) is 10.3. The van der Waals surface area contributed by atoms with Crippen LogP contribution < -0.4 is 11.2 Å². The van der Waals surface area contributed by atoms with Crippen LogP contribution in [0.3, 0.4) is 0 Å². The Balaban J connectivity index is 0.000000733. The third-order valence-corrected chi connectivity index (χ3v) is 6.47. The highest BCUT2D eigenvalue weighted by molar-refractivity contribution is 5.83. The summed E-state index contributed by atoms with van der Waals surface area (Å²) in [7, 11) is 0. The molecule has 0 saturated carbocycles. The number of nitrogens with two attached hydrogens (primary N) is 1. The Kier molecular flexibility index (Phi) is 13.6. The number of aryl methyl sites for hydroxylation is 2. The van der Waals surface area contributed by atoms with Crippen LogP contribution in [0.15, 0.2) is 53.5 Å². The molecule has 3 aromatic rings. The predicted octanol–water partition coefficient (Wildman–Crippen LogP) is 5.95. The van der Waals surface area contributed by atoms with Gasteiger partial charge in [0.1, 0.15) is 0 Å². The third kappa shape index (κ3) is 9.73. The van der Waals surface area contributed by atoms with Crippen molar-refractivity contribution in [1.82, 2.24) is 14.8 Å². The van der Waals surface area contributed by atoms with Gasteiger partial charge in [-0.3, -0.25) is 9.69 Å². The van der Waals surface area contributed by atoms with E-state index in [0.717, 1.165) is 93.0 Å². The maximum Gasteiger partial charge on any atom is 0.197 e. The molecule has 1 aromatic heterocycles. The molecule has 0 atom stereocenters. The van der Waals surface area contributed by atoms with Gasteiger partial charge in [-0.2, -0.15) is 0 Å². The van der Waals surface area contributed by atoms with Crippen LogP contribution in [-0.4, -0.2) is 60.6 Å². The molecular weight excluding hydrogens is 456 g/mol. The molecule has 204 valence electrons. The van der Waals surface area contributed by atoms with Gasteiger partial charge < -0.3 is 15.6 Å². The van der Waals surface area contributed by atoms with Crippen LogP contribution in [-0.2, 0) is 12.8 Å². The van der Waals surface area contributed by atoms with Gasteiger partial charge in [0.05, 0.1) is 0 Å². The molecule has 2 heterocycles. The molecule has 5 heteroatoms. The number of aromatic amines is 1. The van der Waals surface area contributed by atoms with Gasteiger partial charge in [-0.05, 0) is 60.5 Å². The van der Waals surface area contributed by atoms with Crippen LogP contribution in [0, 0.1) is 5.92 Å². The fourth-order valence-corrected chi connectivity index (χ4v) is 4.49. The average molecular weight is 507 g/mol. The van der Waals surface area contributed by atoms with E-state index < -0.39 is 0 Å². The van der Waals surface area contributed by atoms with E-state index in [0.29, 0.717) is 0 Å². The monoisotopic (exact) mass is 506 g/mol. The van der Waals surface area contributed by atoms with Gasteiger partial charge >= 0.3 is 0 Å². The molecule has 0 radical (unpaired) electrons. The molecule has 1 fully saturated rings. The molecule has 0 spiro atoms. The van der Waals surface area contributed by atoms with E-state index in [1.807, 2.05) is 38.2 Å². The highest BCUT2D eigenvalue weighted by Crippen LogP contribution is 2.20. The van der Waals surface area contributed by atoms with Crippen molar-refractivity contribution in [1.29, 1.82) is 0 Å². The smallest absolute Gasteiger partial charge is 0.197 e. The van der Waals surface area contributed by atoms with E-state index >= 15 is 0 Å². The van der Waals surface area contributed by atoms with Gasteiger partial charge in [0.15, 0.2) is 5.43 Å². The maximum absolute atomic E-state index is 13.0. The lowest BCUT2D eigenvalue weighted by Crippen LogP contribution is -2.47. The standard InChI is InChI=1S/C26H34N4O.C4H10.C2H6/c1-2-20-5-8-22(9-6-20)24-19-28-25-18-21(7-10-23(25)26(24)31)4-3-12-29-14-16-30(13-11-27)17-15-29;1-4(2)3;1-2/h5-10,18-19H,2-4,11-17,27H2,1H3,(H,28,31);4H,1-3H3;1-2H3. The molecule has 4 rings (SSSR count). The number of benzene rings is 2. The summed E-state index contributed by atoms with van der Waals surface area (Å²) in [5.41, 5.74) is 10.9. The van der Waals surface area contributed by atoms with Crippen molar-refractivity contribution in [3.05, 3.63) is 70.0 Å². The molecule has 0 amide bonds. The minimum Gasteiger partial charge on any atom is -0.360 e. The average Bonchev–Trinajstić information content (AvgIpc) is 2.91. The topological polar surface area (TPSA) is 65.4 Å². The lowest BCUT2D eigenvalue weighted by Gasteiger charge is -2.34. The second-order valence-electron chi connectivity index (χ2n) is 10.3. The van der Waals surface area contributed by atoms with Crippen molar-refractivity contribution in [2.75, 3.05) is 45.8 Å². The Bertz CT molecular complexity index is 1090. The molecule has 0 bridgehead atoms. The van der Waals surface area contributed by atoms with E-state index in [4.69, 9.17) is 5.73 Å². The number of hydrogen-bond acceptors (Lipinski definition) is 4. The summed E-state index contributed by atoms with van der Waals surface area (Å²) >= 11 is 0. The largest absolute Gasteiger partial charge is 0.360 e. The zero-order chi connectivity index (χ0) is 27.2. The van der Waals surface area contributed by atoms with E-state index in [1.54, 1.807) is 0 Å². The molecule has 5 nitrogen and oxygen atoms in total. The minimum atomic E-state index is 0.0971. The zero-order valence-corrected chi connectivity index (χ0v) is 24.1. The van der Waals surface area contributed by atoms with Crippen molar-refractivity contribution in [2.24, 2.45) is 11.7 Å². The van der Waals surface area contributed by atoms with Crippen LogP contribution in [0.25, 0.3) is 22.0 Å². The van der Waals surface area contributed by atoms with Crippen LogP contribution in [0.1, 0.15) is 59.1 Å². The first-order valence-electron chi connectivity index (χ1n) is 14.3. The maximum atomic E-state index is 13.0. The number of nitrogens with one attached hydrogen (secondary N) is 1. The van der Waals surface area contributed by atoms with E-state index in [2.05, 4.69) is 66.7 Å². The fourth-order valence-electron chi connectivity index (χ4n) is 4.49. The summed E-state index contributed by atoms with van der Waals surface area (Å²) in [4.78, 5) is 21.4. The number of pyridine rings is 1. The molecule has 1 aliphatic heterocycles. The molecule has 1 saturated heterocycles. The lowest BCUT2D eigenvalue weighted by molar-refractivity contribution is 0.134. The van der Waals surface area contributed by atoms with Gasteiger partial charge in [-0.15, -0.1) is 0 Å². The van der Waals surface area contributed by atoms with E-state index in [9.17, 15) is 4.79 Å². The van der Waals surface area contributed by atoms with Gasteiger partial charge in [-0.1, -0.05) is 71.9 Å². The van der Waals surface area contributed by atoms with Crippen LogP contribution in [0.5, 0.6) is 0 Å². The van der Waals surface area contributed by atoms with Crippen LogP contribution >= 0.6 is 0 Å². The number of nitrogens with zero attached hydrogens (tertiary/aromatic N) is 2. The van der Waals surface area contributed by atoms with Gasteiger partial charge in [0, 0.05) is 61.9 Å². The van der Waals surface area contributed by atoms with Crippen molar-refractivity contribution >= 4 is 10.9 Å². The third-order valence-electron chi connectivity index (χ3n) is 6.47. The molecule has 37 heavy (non-hydrogen) atoms. The summed E-state index contributed by atoms with van der Waals surface area (Å²) in [6.07, 6.45) is 5.02. The molecule has 0 unspecified atom stereocenters. The van der Waals surface area contributed by atoms with Crippen molar-refractivity contribution < 1.29 is 0 Å². The van der Waals surface area contributed by atoms with Crippen LogP contribution in [0.4, 0.5) is 0 Å². The second kappa shape index (κ2) is 16.4. The molecule has 2 aromatic carbocycles. The highest BCUT2D eigenvalue weighted by atomic mass is 16.1.